The quantitative estimate of drug-likeness (QED) is 0.216. The summed E-state index contributed by atoms with van der Waals surface area (Å²) in [5.74, 6) is -2.58. The highest BCUT2D eigenvalue weighted by molar-refractivity contribution is 7.09. The van der Waals surface area contributed by atoms with Crippen molar-refractivity contribution < 1.29 is 24.1 Å². The molecule has 2 atom stereocenters. The van der Waals surface area contributed by atoms with E-state index in [0.717, 1.165) is 4.88 Å². The molecule has 0 saturated heterocycles. The minimum Gasteiger partial charge on any atom is -0.508 e. The molecule has 0 aliphatic heterocycles. The third-order valence-electron chi connectivity index (χ3n) is 4.24. The highest BCUT2D eigenvalue weighted by Crippen LogP contribution is 2.42. The van der Waals surface area contributed by atoms with Gasteiger partial charge >= 0.3 is 5.97 Å². The van der Waals surface area contributed by atoms with E-state index in [1.54, 1.807) is 19.1 Å². The molecule has 2 aromatic heterocycles. The first kappa shape index (κ1) is 26.0. The Balaban J connectivity index is 0.00000363. The van der Waals surface area contributed by atoms with E-state index >= 15 is 0 Å². The zero-order valence-electron chi connectivity index (χ0n) is 15.9. The molecular formula is C21H20Cl3FN2O4S. The van der Waals surface area contributed by atoms with E-state index in [2.05, 4.69) is 10.3 Å². The van der Waals surface area contributed by atoms with Crippen LogP contribution in [0.3, 0.4) is 0 Å². The lowest BCUT2D eigenvalue weighted by atomic mass is 10.1. The third kappa shape index (κ3) is 5.95. The predicted molar refractivity (Wildman–Crippen MR) is 126 cm³/mol. The number of carboxylic acids is 1. The summed E-state index contributed by atoms with van der Waals surface area (Å²) in [4.78, 5) is 16.1. The highest BCUT2D eigenvalue weighted by atomic mass is 35.5. The van der Waals surface area contributed by atoms with E-state index in [1.807, 2.05) is 5.38 Å². The smallest absolute Gasteiger partial charge is 0.326 e. The SMILES string of the molecule is C.CC(Cl)c1cc(Oc2c(Cl)c(F)nc(N[C@H](Cc3cccs3)C(=O)O)c2Cl)ccc1O. The molecule has 2 heterocycles. The lowest BCUT2D eigenvalue weighted by Gasteiger charge is -2.18. The molecule has 6 nitrogen and oxygen atoms in total. The maximum Gasteiger partial charge on any atom is 0.326 e. The minimum absolute atomic E-state index is 0. The third-order valence-corrected chi connectivity index (χ3v) is 6.05. The fourth-order valence-electron chi connectivity index (χ4n) is 2.71. The van der Waals surface area contributed by atoms with Crippen LogP contribution in [0.4, 0.5) is 10.2 Å². The summed E-state index contributed by atoms with van der Waals surface area (Å²) in [5, 5.41) is 22.7. The van der Waals surface area contributed by atoms with Crippen LogP contribution in [0.25, 0.3) is 0 Å². The molecular weight excluding hydrogens is 502 g/mol. The standard InChI is InChI=1S/C20H16Cl3FN2O4S.CH4/c1-9(21)12-7-10(4-5-14(12)27)30-17-15(22)18(24)26-19(16(17)23)25-13(20(28)29)8-11-3-2-6-31-11;/h2-7,9,13,27H,8H2,1H3,(H,25,26)(H,28,29);1H4/t9?,13-;/m1./s1. The number of carboxylic acid groups (broad SMARTS) is 1. The van der Waals surface area contributed by atoms with E-state index in [9.17, 15) is 19.4 Å². The number of nitrogens with one attached hydrogen (secondary N) is 1. The number of benzene rings is 1. The van der Waals surface area contributed by atoms with Crippen LogP contribution in [-0.2, 0) is 11.2 Å². The number of aromatic nitrogens is 1. The van der Waals surface area contributed by atoms with Crippen molar-refractivity contribution in [2.24, 2.45) is 0 Å². The second-order valence-corrected chi connectivity index (χ2v) is 8.91. The number of ether oxygens (including phenoxy) is 1. The molecule has 0 radical (unpaired) electrons. The number of phenols is 1. The van der Waals surface area contributed by atoms with Gasteiger partial charge in [-0.1, -0.05) is 36.7 Å². The first-order chi connectivity index (χ1) is 14.7. The van der Waals surface area contributed by atoms with Crippen molar-refractivity contribution in [2.75, 3.05) is 5.32 Å². The van der Waals surface area contributed by atoms with Gasteiger partial charge in [0.1, 0.15) is 27.6 Å². The van der Waals surface area contributed by atoms with Crippen LogP contribution >= 0.6 is 46.1 Å². The van der Waals surface area contributed by atoms with Crippen LogP contribution in [0.15, 0.2) is 35.7 Å². The first-order valence-electron chi connectivity index (χ1n) is 8.88. The van der Waals surface area contributed by atoms with Crippen LogP contribution in [0.2, 0.25) is 10.0 Å². The number of rotatable bonds is 8. The maximum atomic E-state index is 14.4. The molecule has 172 valence electrons. The van der Waals surface area contributed by atoms with Gasteiger partial charge in [-0.3, -0.25) is 0 Å². The summed E-state index contributed by atoms with van der Waals surface area (Å²) in [6.07, 6.45) is 0.139. The molecule has 32 heavy (non-hydrogen) atoms. The molecule has 3 N–H and O–H groups in total. The molecule has 3 rings (SSSR count). The molecule has 0 saturated carbocycles. The monoisotopic (exact) mass is 520 g/mol. The fraction of sp³-hybridized carbons (Fsp3) is 0.238. The molecule has 0 fully saturated rings. The number of thiophene rings is 1. The molecule has 0 bridgehead atoms. The van der Waals surface area contributed by atoms with Crippen molar-refractivity contribution in [3.8, 4) is 17.2 Å². The van der Waals surface area contributed by atoms with Crippen LogP contribution in [-0.4, -0.2) is 27.2 Å². The lowest BCUT2D eigenvalue weighted by molar-refractivity contribution is -0.137. The van der Waals surface area contributed by atoms with Gasteiger partial charge < -0.3 is 20.3 Å². The molecule has 1 unspecified atom stereocenters. The molecule has 0 spiro atoms. The van der Waals surface area contributed by atoms with E-state index in [0.29, 0.717) is 5.56 Å². The van der Waals surface area contributed by atoms with Crippen LogP contribution < -0.4 is 10.1 Å². The number of alkyl halides is 1. The molecule has 0 amide bonds. The van der Waals surface area contributed by atoms with Crippen molar-refractivity contribution in [1.29, 1.82) is 0 Å². The zero-order valence-corrected chi connectivity index (χ0v) is 19.0. The fourth-order valence-corrected chi connectivity index (χ4v) is 4.09. The number of hydrogen-bond acceptors (Lipinski definition) is 6. The molecule has 0 aliphatic carbocycles. The number of phenolic OH excluding ortho intramolecular Hbond substituents is 1. The Morgan fingerprint density at radius 1 is 1.31 bits per heavy atom. The second-order valence-electron chi connectivity index (χ2n) is 6.47. The maximum absolute atomic E-state index is 14.4. The number of halogens is 4. The lowest BCUT2D eigenvalue weighted by Crippen LogP contribution is -2.32. The molecule has 0 aliphatic rings. The Bertz CT molecular complexity index is 1100. The van der Waals surface area contributed by atoms with E-state index < -0.39 is 28.4 Å². The summed E-state index contributed by atoms with van der Waals surface area (Å²) >= 11 is 19.8. The summed E-state index contributed by atoms with van der Waals surface area (Å²) in [7, 11) is 0. The van der Waals surface area contributed by atoms with Crippen LogP contribution in [0.5, 0.6) is 17.2 Å². The van der Waals surface area contributed by atoms with E-state index in [-0.39, 0.29) is 41.9 Å². The normalized spacial score (nSPS) is 12.5. The summed E-state index contributed by atoms with van der Waals surface area (Å²) in [6.45, 7) is 1.66. The summed E-state index contributed by atoms with van der Waals surface area (Å²) in [6, 6.07) is 6.72. The van der Waals surface area contributed by atoms with Gasteiger partial charge in [-0.15, -0.1) is 22.9 Å². The van der Waals surface area contributed by atoms with E-state index in [1.165, 1.54) is 29.5 Å². The number of pyridine rings is 1. The van der Waals surface area contributed by atoms with Gasteiger partial charge in [-0.25, -0.2) is 4.79 Å². The number of aromatic hydroxyl groups is 1. The number of nitrogens with zero attached hydrogens (tertiary/aromatic N) is 1. The highest BCUT2D eigenvalue weighted by Gasteiger charge is 2.25. The minimum atomic E-state index is -1.16. The molecule has 1 aromatic carbocycles. The van der Waals surface area contributed by atoms with Gasteiger partial charge in [0.25, 0.3) is 0 Å². The Morgan fingerprint density at radius 3 is 2.62 bits per heavy atom. The van der Waals surface area contributed by atoms with Crippen molar-refractivity contribution in [3.05, 3.63) is 62.1 Å². The zero-order chi connectivity index (χ0) is 22.7. The number of carbonyl (C=O) groups is 1. The second kappa shape index (κ2) is 11.0. The molecule has 3 aromatic rings. The number of hydrogen-bond donors (Lipinski definition) is 3. The number of aliphatic carboxylic acids is 1. The predicted octanol–water partition coefficient (Wildman–Crippen LogP) is 7.13. The van der Waals surface area contributed by atoms with Crippen molar-refractivity contribution >= 4 is 57.9 Å². The first-order valence-corrected chi connectivity index (χ1v) is 11.0. The largest absolute Gasteiger partial charge is 0.508 e. The van der Waals surface area contributed by atoms with Crippen molar-refractivity contribution in [3.63, 3.8) is 0 Å². The van der Waals surface area contributed by atoms with Crippen LogP contribution in [0.1, 0.15) is 30.2 Å². The van der Waals surface area contributed by atoms with E-state index in [4.69, 9.17) is 39.5 Å². The topological polar surface area (TPSA) is 91.7 Å². The Kier molecular flexibility index (Phi) is 8.98. The van der Waals surface area contributed by atoms with Gasteiger partial charge in [0.15, 0.2) is 11.6 Å². The van der Waals surface area contributed by atoms with Gasteiger partial charge in [-0.05, 0) is 36.6 Å². The summed E-state index contributed by atoms with van der Waals surface area (Å²) in [5.41, 5.74) is 0.390. The van der Waals surface area contributed by atoms with Crippen LogP contribution in [0, 0.1) is 5.95 Å². The Labute approximate surface area is 203 Å². The van der Waals surface area contributed by atoms with Crippen molar-refractivity contribution in [2.45, 2.75) is 32.2 Å². The average Bonchev–Trinajstić information content (AvgIpc) is 3.22. The summed E-state index contributed by atoms with van der Waals surface area (Å²) < 4.78 is 20.1. The Morgan fingerprint density at radius 2 is 2.03 bits per heavy atom. The van der Waals surface area contributed by atoms with Gasteiger partial charge in [-0.2, -0.15) is 9.37 Å². The van der Waals surface area contributed by atoms with Gasteiger partial charge in [0.05, 0.1) is 5.38 Å². The number of anilines is 1. The van der Waals surface area contributed by atoms with Gasteiger partial charge in [0, 0.05) is 16.9 Å². The average molecular weight is 522 g/mol. The molecule has 11 heteroatoms. The van der Waals surface area contributed by atoms with Crippen molar-refractivity contribution in [1.82, 2.24) is 4.98 Å². The van der Waals surface area contributed by atoms with Gasteiger partial charge in [0.2, 0.25) is 5.95 Å². The Hall–Kier alpha value is -2.26.